The summed E-state index contributed by atoms with van der Waals surface area (Å²) in [5.74, 6) is -1.29. The monoisotopic (exact) mass is 351 g/mol. The van der Waals surface area contributed by atoms with E-state index in [-0.39, 0.29) is 11.9 Å². The molecule has 2 aromatic rings. The molecule has 0 radical (unpaired) electrons. The first-order valence-corrected chi connectivity index (χ1v) is 7.27. The van der Waals surface area contributed by atoms with Gasteiger partial charge in [-0.25, -0.2) is 4.39 Å². The van der Waals surface area contributed by atoms with Gasteiger partial charge in [-0.3, -0.25) is 10.1 Å². The van der Waals surface area contributed by atoms with Crippen LogP contribution in [0, 0.1) is 5.82 Å². The molecule has 2 N–H and O–H groups in total. The average Bonchev–Trinajstić information content (AvgIpc) is 2.48. The van der Waals surface area contributed by atoms with E-state index in [4.69, 9.17) is 0 Å². The van der Waals surface area contributed by atoms with Crippen molar-refractivity contribution in [3.63, 3.8) is 0 Å². The summed E-state index contributed by atoms with van der Waals surface area (Å²) in [4.78, 5) is 11.5. The third kappa shape index (κ3) is 3.89. The molecule has 0 bridgehead atoms. The van der Waals surface area contributed by atoms with E-state index in [0.717, 1.165) is 5.56 Å². The van der Waals surface area contributed by atoms with Crippen LogP contribution in [0.1, 0.15) is 30.1 Å². The van der Waals surface area contributed by atoms with Crippen LogP contribution in [-0.4, -0.2) is 11.1 Å². The number of aliphatic carboxylic acids is 1. The largest absolute Gasteiger partial charge is 0.480 e. The Labute approximate surface area is 130 Å². The molecule has 3 nitrogen and oxygen atoms in total. The minimum absolute atomic E-state index is 0.233. The van der Waals surface area contributed by atoms with E-state index >= 15 is 0 Å². The number of rotatable bonds is 5. The summed E-state index contributed by atoms with van der Waals surface area (Å²) in [7, 11) is 0. The summed E-state index contributed by atoms with van der Waals surface area (Å²) >= 11 is 3.14. The first kappa shape index (κ1) is 15.7. The van der Waals surface area contributed by atoms with Gasteiger partial charge in [0.15, 0.2) is 0 Å². The third-order valence-corrected chi connectivity index (χ3v) is 3.85. The smallest absolute Gasteiger partial charge is 0.325 e. The van der Waals surface area contributed by atoms with Gasteiger partial charge in [-0.15, -0.1) is 0 Å². The maximum Gasteiger partial charge on any atom is 0.325 e. The van der Waals surface area contributed by atoms with Crippen molar-refractivity contribution in [2.24, 2.45) is 0 Å². The minimum Gasteiger partial charge on any atom is -0.480 e. The van der Waals surface area contributed by atoms with Crippen molar-refractivity contribution in [1.82, 2.24) is 5.32 Å². The summed E-state index contributed by atoms with van der Waals surface area (Å²) in [6.45, 7) is 1.85. The van der Waals surface area contributed by atoms with Crippen LogP contribution in [0.2, 0.25) is 0 Å². The van der Waals surface area contributed by atoms with Gasteiger partial charge in [0.1, 0.15) is 11.9 Å². The summed E-state index contributed by atoms with van der Waals surface area (Å²) in [5.41, 5.74) is 1.49. The molecule has 2 unspecified atom stereocenters. The molecule has 110 valence electrons. The van der Waals surface area contributed by atoms with Gasteiger partial charge in [-0.2, -0.15) is 0 Å². The predicted octanol–water partition coefficient (Wildman–Crippen LogP) is 4.06. The number of carboxylic acid groups (broad SMARTS) is 1. The molecule has 2 atom stereocenters. The fraction of sp³-hybridized carbons (Fsp3) is 0.188. The van der Waals surface area contributed by atoms with Gasteiger partial charge in [0, 0.05) is 6.04 Å². The van der Waals surface area contributed by atoms with Crippen LogP contribution in [0.4, 0.5) is 4.39 Å². The molecule has 5 heteroatoms. The highest BCUT2D eigenvalue weighted by Crippen LogP contribution is 2.24. The van der Waals surface area contributed by atoms with Crippen LogP contribution in [0.5, 0.6) is 0 Å². The van der Waals surface area contributed by atoms with E-state index in [9.17, 15) is 14.3 Å². The third-order valence-electron chi connectivity index (χ3n) is 3.24. The number of hydrogen-bond acceptors (Lipinski definition) is 2. The molecular formula is C16H15BrFNO2. The van der Waals surface area contributed by atoms with Crippen molar-refractivity contribution in [3.05, 3.63) is 69.9 Å². The molecule has 2 aromatic carbocycles. The van der Waals surface area contributed by atoms with E-state index in [1.165, 1.54) is 6.07 Å². The van der Waals surface area contributed by atoms with Gasteiger partial charge < -0.3 is 5.11 Å². The van der Waals surface area contributed by atoms with Gasteiger partial charge in [-0.05, 0) is 46.1 Å². The lowest BCUT2D eigenvalue weighted by molar-refractivity contribution is -0.139. The topological polar surface area (TPSA) is 49.3 Å². The molecule has 0 saturated heterocycles. The normalized spacial score (nSPS) is 13.7. The van der Waals surface area contributed by atoms with Crippen molar-refractivity contribution in [3.8, 4) is 0 Å². The van der Waals surface area contributed by atoms with Crippen molar-refractivity contribution in [1.29, 1.82) is 0 Å². The van der Waals surface area contributed by atoms with Crippen LogP contribution >= 0.6 is 15.9 Å². The van der Waals surface area contributed by atoms with Gasteiger partial charge >= 0.3 is 5.97 Å². The number of carboxylic acids is 1. The van der Waals surface area contributed by atoms with Crippen molar-refractivity contribution in [2.75, 3.05) is 0 Å². The standard InChI is InChI=1S/C16H15BrFNO2/c1-10(12-7-8-14(18)13(17)9-12)19-15(16(20)21)11-5-3-2-4-6-11/h2-10,15,19H,1H3,(H,20,21). The second kappa shape index (κ2) is 6.83. The minimum atomic E-state index is -0.950. The number of nitrogens with one attached hydrogen (secondary N) is 1. The van der Waals surface area contributed by atoms with Gasteiger partial charge in [0.2, 0.25) is 0 Å². The highest BCUT2D eigenvalue weighted by Gasteiger charge is 2.22. The van der Waals surface area contributed by atoms with Crippen LogP contribution in [0.3, 0.4) is 0 Å². The lowest BCUT2D eigenvalue weighted by atomic mass is 10.0. The Bertz CT molecular complexity index is 633. The lowest BCUT2D eigenvalue weighted by Crippen LogP contribution is -2.30. The zero-order chi connectivity index (χ0) is 15.4. The quantitative estimate of drug-likeness (QED) is 0.853. The first-order valence-electron chi connectivity index (χ1n) is 6.48. The van der Waals surface area contributed by atoms with Crippen LogP contribution in [-0.2, 0) is 4.79 Å². The van der Waals surface area contributed by atoms with Crippen LogP contribution in [0.15, 0.2) is 53.0 Å². The SMILES string of the molecule is CC(NC(C(=O)O)c1ccccc1)c1ccc(F)c(Br)c1. The zero-order valence-electron chi connectivity index (χ0n) is 11.4. The summed E-state index contributed by atoms with van der Waals surface area (Å²) in [5, 5.41) is 12.4. The molecule has 2 rings (SSSR count). The Balaban J connectivity index is 2.20. The first-order chi connectivity index (χ1) is 9.99. The summed E-state index contributed by atoms with van der Waals surface area (Å²) in [6.07, 6.45) is 0. The molecule has 0 spiro atoms. The van der Waals surface area contributed by atoms with Crippen LogP contribution < -0.4 is 5.32 Å². The number of benzene rings is 2. The second-order valence-corrected chi connectivity index (χ2v) is 5.60. The number of hydrogen-bond donors (Lipinski definition) is 2. The molecule has 0 aromatic heterocycles. The second-order valence-electron chi connectivity index (χ2n) is 4.74. The van der Waals surface area contributed by atoms with E-state index < -0.39 is 12.0 Å². The van der Waals surface area contributed by atoms with Crippen molar-refractivity contribution < 1.29 is 14.3 Å². The number of halogens is 2. The van der Waals surface area contributed by atoms with E-state index in [2.05, 4.69) is 21.2 Å². The highest BCUT2D eigenvalue weighted by atomic mass is 79.9. The molecule has 0 heterocycles. The number of carbonyl (C=O) groups is 1. The zero-order valence-corrected chi connectivity index (χ0v) is 13.0. The fourth-order valence-corrected chi connectivity index (χ4v) is 2.48. The van der Waals surface area contributed by atoms with Gasteiger partial charge in [0.05, 0.1) is 4.47 Å². The Morgan fingerprint density at radius 3 is 2.43 bits per heavy atom. The maximum atomic E-state index is 13.3. The fourth-order valence-electron chi connectivity index (χ4n) is 2.08. The summed E-state index contributed by atoms with van der Waals surface area (Å²) < 4.78 is 13.6. The van der Waals surface area contributed by atoms with Crippen LogP contribution in [0.25, 0.3) is 0 Å². The molecule has 0 aliphatic heterocycles. The van der Waals surface area contributed by atoms with E-state index in [0.29, 0.717) is 10.0 Å². The predicted molar refractivity (Wildman–Crippen MR) is 82.5 cm³/mol. The molecule has 0 amide bonds. The average molecular weight is 352 g/mol. The Kier molecular flexibility index (Phi) is 5.09. The van der Waals surface area contributed by atoms with Crippen molar-refractivity contribution in [2.45, 2.75) is 19.0 Å². The molecule has 0 aliphatic carbocycles. The molecule has 21 heavy (non-hydrogen) atoms. The highest BCUT2D eigenvalue weighted by molar-refractivity contribution is 9.10. The Morgan fingerprint density at radius 1 is 1.19 bits per heavy atom. The maximum absolute atomic E-state index is 13.3. The van der Waals surface area contributed by atoms with Gasteiger partial charge in [-0.1, -0.05) is 36.4 Å². The Morgan fingerprint density at radius 2 is 1.86 bits per heavy atom. The van der Waals surface area contributed by atoms with E-state index in [1.54, 1.807) is 36.4 Å². The lowest BCUT2D eigenvalue weighted by Gasteiger charge is -2.21. The molecule has 0 aliphatic rings. The van der Waals surface area contributed by atoms with Crippen molar-refractivity contribution >= 4 is 21.9 Å². The van der Waals surface area contributed by atoms with E-state index in [1.807, 2.05) is 13.0 Å². The summed E-state index contributed by atoms with van der Waals surface area (Å²) in [6, 6.07) is 12.6. The molecular weight excluding hydrogens is 337 g/mol. The molecule has 0 saturated carbocycles. The molecule has 0 fully saturated rings. The van der Waals surface area contributed by atoms with Gasteiger partial charge in [0.25, 0.3) is 0 Å². The Hall–Kier alpha value is -1.72.